The number of hydrogen-bond acceptors (Lipinski definition) is 3. The summed E-state index contributed by atoms with van der Waals surface area (Å²) in [5.74, 6) is -0.319. The van der Waals surface area contributed by atoms with Crippen molar-refractivity contribution in [3.8, 4) is 0 Å². The van der Waals surface area contributed by atoms with Gasteiger partial charge < -0.3 is 16.4 Å². The van der Waals surface area contributed by atoms with Crippen molar-refractivity contribution in [3.05, 3.63) is 0 Å². The summed E-state index contributed by atoms with van der Waals surface area (Å²) in [6, 6.07) is -0.0469. The Bertz CT molecular complexity index is 306. The molecule has 2 aliphatic rings. The largest absolute Gasteiger partial charge is 0.369 e. The highest BCUT2D eigenvalue weighted by Gasteiger charge is 2.32. The lowest BCUT2D eigenvalue weighted by molar-refractivity contribution is -0.128. The molecule has 2 fully saturated rings. The van der Waals surface area contributed by atoms with Crippen molar-refractivity contribution in [1.29, 1.82) is 0 Å². The van der Waals surface area contributed by atoms with Gasteiger partial charge >= 0.3 is 0 Å². The minimum Gasteiger partial charge on any atom is -0.369 e. The van der Waals surface area contributed by atoms with Crippen LogP contribution in [-0.4, -0.2) is 30.9 Å². The molecule has 3 unspecified atom stereocenters. The Kier molecular flexibility index (Phi) is 5.88. The fourth-order valence-electron chi connectivity index (χ4n) is 2.82. The molecule has 1 aliphatic heterocycles. The van der Waals surface area contributed by atoms with Crippen molar-refractivity contribution in [3.63, 3.8) is 0 Å². The minimum atomic E-state index is -0.278. The summed E-state index contributed by atoms with van der Waals surface area (Å²) in [6.07, 6.45) is 4.67. The summed E-state index contributed by atoms with van der Waals surface area (Å²) in [5, 5.41) is 6.18. The molecule has 3 atom stereocenters. The van der Waals surface area contributed by atoms with E-state index in [1.807, 2.05) is 0 Å². The number of rotatable bonds is 3. The van der Waals surface area contributed by atoms with Crippen molar-refractivity contribution in [2.24, 2.45) is 17.6 Å². The zero-order chi connectivity index (χ0) is 12.3. The van der Waals surface area contributed by atoms with Crippen molar-refractivity contribution in [2.75, 3.05) is 13.1 Å². The third kappa shape index (κ3) is 3.59. The Morgan fingerprint density at radius 1 is 1.17 bits per heavy atom. The van der Waals surface area contributed by atoms with E-state index >= 15 is 0 Å². The molecule has 0 spiro atoms. The van der Waals surface area contributed by atoms with Gasteiger partial charge in [-0.15, -0.1) is 12.4 Å². The predicted octanol–water partition coefficient (Wildman–Crippen LogP) is 0.178. The van der Waals surface area contributed by atoms with Crippen LogP contribution in [0, 0.1) is 11.8 Å². The molecular formula is C12H22ClN3O2. The molecule has 1 heterocycles. The number of carbonyl (C=O) groups is 2. The van der Waals surface area contributed by atoms with Crippen molar-refractivity contribution < 1.29 is 9.59 Å². The molecule has 6 heteroatoms. The number of amides is 2. The van der Waals surface area contributed by atoms with Gasteiger partial charge in [0.1, 0.15) is 0 Å². The first-order valence-corrected chi connectivity index (χ1v) is 6.49. The molecule has 0 radical (unpaired) electrons. The second-order valence-corrected chi connectivity index (χ2v) is 5.10. The smallest absolute Gasteiger partial charge is 0.224 e. The van der Waals surface area contributed by atoms with Crippen LogP contribution in [0.5, 0.6) is 0 Å². The predicted molar refractivity (Wildman–Crippen MR) is 71.3 cm³/mol. The van der Waals surface area contributed by atoms with E-state index in [1.165, 1.54) is 0 Å². The average Bonchev–Trinajstić information content (AvgIpc) is 2.83. The first kappa shape index (κ1) is 15.2. The quantitative estimate of drug-likeness (QED) is 0.687. The summed E-state index contributed by atoms with van der Waals surface area (Å²) in [6.45, 7) is 1.65. The molecule has 0 aromatic heterocycles. The number of nitrogens with one attached hydrogen (secondary N) is 2. The number of primary amides is 1. The standard InChI is InChI=1S/C12H21N3O2.ClH/c13-11(16)9-3-1-2-4-10(9)15-12(17)8-5-6-14-7-8;/h8-10,14H,1-7H2,(H2,13,16)(H,15,17);1H. The van der Waals surface area contributed by atoms with Gasteiger partial charge in [0, 0.05) is 12.6 Å². The Morgan fingerprint density at radius 2 is 1.89 bits per heavy atom. The molecule has 104 valence electrons. The topological polar surface area (TPSA) is 84.2 Å². The average molecular weight is 276 g/mol. The molecule has 0 aromatic rings. The minimum absolute atomic E-state index is 0. The van der Waals surface area contributed by atoms with Gasteiger partial charge in [-0.2, -0.15) is 0 Å². The Labute approximate surface area is 114 Å². The zero-order valence-corrected chi connectivity index (χ0v) is 11.3. The van der Waals surface area contributed by atoms with Gasteiger partial charge in [0.05, 0.1) is 11.8 Å². The molecule has 5 nitrogen and oxygen atoms in total. The van der Waals surface area contributed by atoms with E-state index in [2.05, 4.69) is 10.6 Å². The van der Waals surface area contributed by atoms with E-state index in [0.29, 0.717) is 0 Å². The Morgan fingerprint density at radius 3 is 2.50 bits per heavy atom. The van der Waals surface area contributed by atoms with Gasteiger partial charge in [-0.3, -0.25) is 9.59 Å². The lowest BCUT2D eigenvalue weighted by Gasteiger charge is -2.30. The first-order valence-electron chi connectivity index (χ1n) is 6.49. The summed E-state index contributed by atoms with van der Waals surface area (Å²) in [4.78, 5) is 23.3. The second-order valence-electron chi connectivity index (χ2n) is 5.10. The van der Waals surface area contributed by atoms with Crippen LogP contribution < -0.4 is 16.4 Å². The van der Waals surface area contributed by atoms with Gasteiger partial charge in [0.25, 0.3) is 0 Å². The van der Waals surface area contributed by atoms with E-state index in [4.69, 9.17) is 5.73 Å². The highest BCUT2D eigenvalue weighted by molar-refractivity contribution is 5.85. The monoisotopic (exact) mass is 275 g/mol. The zero-order valence-electron chi connectivity index (χ0n) is 10.5. The molecule has 4 N–H and O–H groups in total. The van der Waals surface area contributed by atoms with Crippen LogP contribution in [0.4, 0.5) is 0 Å². The molecule has 2 rings (SSSR count). The van der Waals surface area contributed by atoms with E-state index in [9.17, 15) is 9.59 Å². The normalized spacial score (nSPS) is 31.4. The maximum atomic E-state index is 12.0. The van der Waals surface area contributed by atoms with Crippen LogP contribution in [0.3, 0.4) is 0 Å². The van der Waals surface area contributed by atoms with Crippen LogP contribution >= 0.6 is 12.4 Å². The number of halogens is 1. The third-order valence-electron chi connectivity index (χ3n) is 3.89. The van der Waals surface area contributed by atoms with Crippen LogP contribution in [-0.2, 0) is 9.59 Å². The first-order chi connectivity index (χ1) is 8.18. The van der Waals surface area contributed by atoms with Crippen LogP contribution in [0.25, 0.3) is 0 Å². The fraction of sp³-hybridized carbons (Fsp3) is 0.833. The van der Waals surface area contributed by atoms with E-state index in [-0.39, 0.29) is 42.1 Å². The Balaban J connectivity index is 0.00000162. The van der Waals surface area contributed by atoms with Crippen molar-refractivity contribution in [1.82, 2.24) is 10.6 Å². The maximum Gasteiger partial charge on any atom is 0.224 e. The summed E-state index contributed by atoms with van der Waals surface area (Å²) < 4.78 is 0. The molecule has 2 amide bonds. The lowest BCUT2D eigenvalue weighted by atomic mass is 9.83. The fourth-order valence-corrected chi connectivity index (χ4v) is 2.82. The summed E-state index contributed by atoms with van der Waals surface area (Å²) in [5.41, 5.74) is 5.38. The molecule has 1 saturated heterocycles. The molecule has 18 heavy (non-hydrogen) atoms. The molecule has 1 saturated carbocycles. The van der Waals surface area contributed by atoms with Crippen LogP contribution in [0.1, 0.15) is 32.1 Å². The van der Waals surface area contributed by atoms with E-state index in [1.54, 1.807) is 0 Å². The van der Waals surface area contributed by atoms with Gasteiger partial charge in [0.15, 0.2) is 0 Å². The van der Waals surface area contributed by atoms with Gasteiger partial charge in [-0.25, -0.2) is 0 Å². The highest BCUT2D eigenvalue weighted by atomic mass is 35.5. The summed E-state index contributed by atoms with van der Waals surface area (Å²) >= 11 is 0. The van der Waals surface area contributed by atoms with E-state index < -0.39 is 0 Å². The van der Waals surface area contributed by atoms with Crippen molar-refractivity contribution in [2.45, 2.75) is 38.1 Å². The number of hydrogen-bond donors (Lipinski definition) is 3. The van der Waals surface area contributed by atoms with Gasteiger partial charge in [0.2, 0.25) is 11.8 Å². The number of carbonyl (C=O) groups excluding carboxylic acids is 2. The Hall–Kier alpha value is -0.810. The van der Waals surface area contributed by atoms with Gasteiger partial charge in [-0.1, -0.05) is 12.8 Å². The van der Waals surface area contributed by atoms with E-state index in [0.717, 1.165) is 45.2 Å². The van der Waals surface area contributed by atoms with Crippen LogP contribution in [0.2, 0.25) is 0 Å². The SMILES string of the molecule is Cl.NC(=O)C1CCCCC1NC(=O)C1CCNC1. The number of nitrogens with two attached hydrogens (primary N) is 1. The van der Waals surface area contributed by atoms with Gasteiger partial charge in [-0.05, 0) is 25.8 Å². The third-order valence-corrected chi connectivity index (χ3v) is 3.89. The summed E-state index contributed by atoms with van der Waals surface area (Å²) in [7, 11) is 0. The molecule has 0 bridgehead atoms. The molecular weight excluding hydrogens is 254 g/mol. The van der Waals surface area contributed by atoms with Crippen molar-refractivity contribution >= 4 is 24.2 Å². The second kappa shape index (κ2) is 6.95. The molecule has 1 aliphatic carbocycles. The lowest BCUT2D eigenvalue weighted by Crippen LogP contribution is -2.48. The highest BCUT2D eigenvalue weighted by Crippen LogP contribution is 2.24. The maximum absolute atomic E-state index is 12.0. The molecule has 0 aromatic carbocycles. The van der Waals surface area contributed by atoms with Crippen LogP contribution in [0.15, 0.2) is 0 Å².